The second-order valence-corrected chi connectivity index (χ2v) is 10.8. The number of ether oxygens (including phenoxy) is 1. The zero-order valence-corrected chi connectivity index (χ0v) is 14.3. The molecule has 0 radical (unpaired) electrons. The number of esters is 1. The smallest absolute Gasteiger partial charge is 0.316 e. The Morgan fingerprint density at radius 1 is 1.24 bits per heavy atom. The summed E-state index contributed by atoms with van der Waals surface area (Å²) in [5.41, 5.74) is 5.11. The molecule has 0 aliphatic carbocycles. The quantitative estimate of drug-likeness (QED) is 0.372. The van der Waals surface area contributed by atoms with Crippen LogP contribution in [0.1, 0.15) is 18.1 Å². The van der Waals surface area contributed by atoms with Crippen LogP contribution in [-0.2, 0) is 20.7 Å². The van der Waals surface area contributed by atoms with Gasteiger partial charge in [0.1, 0.15) is 19.8 Å². The topological polar surface area (TPSA) is 43.4 Å². The standard InChI is InChI=1S/C17H22O3Si/c1-13(18)16(17(19)20-2)12-15-9-7-6-8-14(15)10-11-21(3,4)5/h6-9,16H,12H2,1-5H3. The average molecular weight is 302 g/mol. The number of hydrogen-bond donors (Lipinski definition) is 0. The van der Waals surface area contributed by atoms with Crippen LogP contribution in [0.25, 0.3) is 0 Å². The van der Waals surface area contributed by atoms with Gasteiger partial charge in [0.2, 0.25) is 0 Å². The Kier molecular flexibility index (Phi) is 5.92. The maximum absolute atomic E-state index is 11.7. The molecular formula is C17H22O3Si. The van der Waals surface area contributed by atoms with E-state index in [0.717, 1.165) is 11.1 Å². The van der Waals surface area contributed by atoms with Gasteiger partial charge in [0.15, 0.2) is 0 Å². The van der Waals surface area contributed by atoms with Gasteiger partial charge in [-0.25, -0.2) is 0 Å². The SMILES string of the molecule is COC(=O)C(Cc1ccccc1C#C[Si](C)(C)C)C(C)=O. The highest BCUT2D eigenvalue weighted by Crippen LogP contribution is 2.16. The summed E-state index contributed by atoms with van der Waals surface area (Å²) in [7, 11) is -0.172. The van der Waals surface area contributed by atoms with Gasteiger partial charge in [0.05, 0.1) is 7.11 Å². The fourth-order valence-electron chi connectivity index (χ4n) is 1.83. The fraction of sp³-hybridized carbons (Fsp3) is 0.412. The van der Waals surface area contributed by atoms with E-state index in [1.807, 2.05) is 24.3 Å². The summed E-state index contributed by atoms with van der Waals surface area (Å²) < 4.78 is 4.71. The van der Waals surface area contributed by atoms with E-state index in [9.17, 15) is 9.59 Å². The van der Waals surface area contributed by atoms with Gasteiger partial charge in [-0.15, -0.1) is 5.54 Å². The Bertz CT molecular complexity index is 588. The summed E-state index contributed by atoms with van der Waals surface area (Å²) in [6, 6.07) is 7.65. The Balaban J connectivity index is 3.10. The molecule has 0 spiro atoms. The molecule has 0 aliphatic rings. The minimum atomic E-state index is -1.47. The number of methoxy groups -OCH3 is 1. The third kappa shape index (κ3) is 5.56. The molecule has 0 saturated carbocycles. The minimum absolute atomic E-state index is 0.185. The van der Waals surface area contributed by atoms with Crippen LogP contribution in [0.5, 0.6) is 0 Å². The highest BCUT2D eigenvalue weighted by atomic mass is 28.3. The van der Waals surface area contributed by atoms with Gasteiger partial charge in [-0.1, -0.05) is 43.8 Å². The lowest BCUT2D eigenvalue weighted by Gasteiger charge is -2.13. The summed E-state index contributed by atoms with van der Waals surface area (Å²) in [6.07, 6.45) is 0.332. The molecule has 21 heavy (non-hydrogen) atoms. The van der Waals surface area contributed by atoms with Crippen LogP contribution in [-0.4, -0.2) is 26.9 Å². The van der Waals surface area contributed by atoms with Crippen molar-refractivity contribution in [1.29, 1.82) is 0 Å². The van der Waals surface area contributed by atoms with Crippen molar-refractivity contribution in [3.05, 3.63) is 35.4 Å². The van der Waals surface area contributed by atoms with Crippen LogP contribution in [0.2, 0.25) is 19.6 Å². The molecule has 112 valence electrons. The van der Waals surface area contributed by atoms with E-state index in [1.54, 1.807) is 0 Å². The van der Waals surface area contributed by atoms with Crippen molar-refractivity contribution in [1.82, 2.24) is 0 Å². The summed E-state index contributed by atoms with van der Waals surface area (Å²) in [5.74, 6) is 1.77. The van der Waals surface area contributed by atoms with E-state index in [2.05, 4.69) is 31.1 Å². The maximum Gasteiger partial charge on any atom is 0.316 e. The maximum atomic E-state index is 11.7. The predicted molar refractivity (Wildman–Crippen MR) is 86.6 cm³/mol. The van der Waals surface area contributed by atoms with E-state index >= 15 is 0 Å². The summed E-state index contributed by atoms with van der Waals surface area (Å²) >= 11 is 0. The molecule has 0 amide bonds. The highest BCUT2D eigenvalue weighted by molar-refractivity contribution is 6.83. The normalized spacial score (nSPS) is 12.0. The third-order valence-corrected chi connectivity index (χ3v) is 3.86. The Labute approximate surface area is 127 Å². The van der Waals surface area contributed by atoms with Crippen molar-refractivity contribution in [2.24, 2.45) is 5.92 Å². The van der Waals surface area contributed by atoms with E-state index in [4.69, 9.17) is 4.74 Å². The monoisotopic (exact) mass is 302 g/mol. The van der Waals surface area contributed by atoms with Crippen LogP contribution in [0.3, 0.4) is 0 Å². The molecule has 1 unspecified atom stereocenters. The van der Waals surface area contributed by atoms with Crippen molar-refractivity contribution in [3.63, 3.8) is 0 Å². The minimum Gasteiger partial charge on any atom is -0.468 e. The van der Waals surface area contributed by atoms with Crippen LogP contribution < -0.4 is 0 Å². The summed E-state index contributed by atoms with van der Waals surface area (Å²) in [6.45, 7) is 7.94. The first kappa shape index (κ1) is 17.2. The van der Waals surface area contributed by atoms with E-state index < -0.39 is 20.0 Å². The number of Topliss-reactive ketones (excluding diaryl/α,β-unsaturated/α-hetero) is 1. The highest BCUT2D eigenvalue weighted by Gasteiger charge is 2.25. The first-order valence-electron chi connectivity index (χ1n) is 6.94. The van der Waals surface area contributed by atoms with Gasteiger partial charge < -0.3 is 4.74 Å². The zero-order chi connectivity index (χ0) is 16.0. The Morgan fingerprint density at radius 3 is 2.38 bits per heavy atom. The van der Waals surface area contributed by atoms with Crippen LogP contribution in [0, 0.1) is 17.4 Å². The third-order valence-electron chi connectivity index (χ3n) is 2.99. The number of hydrogen-bond acceptors (Lipinski definition) is 3. The number of carbonyl (C=O) groups excluding carboxylic acids is 2. The number of benzene rings is 1. The molecular weight excluding hydrogens is 280 g/mol. The molecule has 0 heterocycles. The molecule has 1 aromatic carbocycles. The molecule has 0 aromatic heterocycles. The van der Waals surface area contributed by atoms with Gasteiger partial charge in [0, 0.05) is 5.56 Å². The number of rotatable bonds is 4. The predicted octanol–water partition coefficient (Wildman–Crippen LogP) is 2.84. The Hall–Kier alpha value is -1.86. The summed E-state index contributed by atoms with van der Waals surface area (Å²) in [5, 5.41) is 0. The first-order chi connectivity index (χ1) is 9.74. The van der Waals surface area contributed by atoms with Crippen molar-refractivity contribution in [3.8, 4) is 11.5 Å². The second-order valence-electron chi connectivity index (χ2n) is 6.05. The molecule has 1 aromatic rings. The lowest BCUT2D eigenvalue weighted by molar-refractivity contribution is -0.148. The van der Waals surface area contributed by atoms with Crippen molar-refractivity contribution < 1.29 is 14.3 Å². The molecule has 0 N–H and O–H groups in total. The van der Waals surface area contributed by atoms with Crippen molar-refractivity contribution >= 4 is 19.8 Å². The van der Waals surface area contributed by atoms with Crippen molar-refractivity contribution in [2.75, 3.05) is 7.11 Å². The van der Waals surface area contributed by atoms with Gasteiger partial charge in [-0.2, -0.15) is 0 Å². The second kappa shape index (κ2) is 7.23. The summed E-state index contributed by atoms with van der Waals surface area (Å²) in [4.78, 5) is 23.4. The first-order valence-corrected chi connectivity index (χ1v) is 10.4. The molecule has 3 nitrogen and oxygen atoms in total. The van der Waals surface area contributed by atoms with E-state index in [0.29, 0.717) is 6.42 Å². The zero-order valence-electron chi connectivity index (χ0n) is 13.3. The van der Waals surface area contributed by atoms with E-state index in [1.165, 1.54) is 14.0 Å². The molecule has 1 rings (SSSR count). The molecule has 0 fully saturated rings. The Morgan fingerprint density at radius 2 is 1.86 bits per heavy atom. The van der Waals surface area contributed by atoms with Crippen LogP contribution >= 0.6 is 0 Å². The largest absolute Gasteiger partial charge is 0.468 e. The molecule has 1 atom stereocenters. The van der Waals surface area contributed by atoms with Crippen LogP contribution in [0.15, 0.2) is 24.3 Å². The molecule has 0 saturated heterocycles. The molecule has 4 heteroatoms. The van der Waals surface area contributed by atoms with Gasteiger partial charge in [-0.05, 0) is 25.0 Å². The van der Waals surface area contributed by atoms with Crippen molar-refractivity contribution in [2.45, 2.75) is 33.0 Å². The van der Waals surface area contributed by atoms with Gasteiger partial charge in [-0.3, -0.25) is 9.59 Å². The van der Waals surface area contributed by atoms with Crippen LogP contribution in [0.4, 0.5) is 0 Å². The van der Waals surface area contributed by atoms with Gasteiger partial charge >= 0.3 is 5.97 Å². The number of ketones is 1. The average Bonchev–Trinajstić information content (AvgIpc) is 2.41. The van der Waals surface area contributed by atoms with E-state index in [-0.39, 0.29) is 5.78 Å². The fourth-order valence-corrected chi connectivity index (χ4v) is 2.34. The lowest BCUT2D eigenvalue weighted by Crippen LogP contribution is -2.25. The van der Waals surface area contributed by atoms with Gasteiger partial charge in [0.25, 0.3) is 0 Å². The lowest BCUT2D eigenvalue weighted by atomic mass is 9.93. The molecule has 0 aliphatic heterocycles. The number of carbonyl (C=O) groups is 2. The molecule has 0 bridgehead atoms.